The van der Waals surface area contributed by atoms with Gasteiger partial charge in [-0.2, -0.15) is 0 Å². The van der Waals surface area contributed by atoms with Gasteiger partial charge in [0.2, 0.25) is 0 Å². The average Bonchev–Trinajstić information content (AvgIpc) is 1.88. The molecule has 0 atom stereocenters. The normalized spacial score (nSPS) is 12.5. The summed E-state index contributed by atoms with van der Waals surface area (Å²) < 4.78 is -2.05. The van der Waals surface area contributed by atoms with Crippen LogP contribution in [0.5, 0.6) is 0 Å². The Bertz CT molecular complexity index is 142. The molecule has 0 aromatic carbocycles. The van der Waals surface area contributed by atoms with Gasteiger partial charge in [-0.15, -0.1) is 0 Å². The van der Waals surface area contributed by atoms with Crippen molar-refractivity contribution in [2.75, 3.05) is 5.75 Å². The van der Waals surface area contributed by atoms with E-state index in [4.69, 9.17) is 34.3 Å². The van der Waals surface area contributed by atoms with Crippen molar-refractivity contribution in [3.05, 3.63) is 0 Å². The summed E-state index contributed by atoms with van der Waals surface area (Å²) in [6.07, 6.45) is 2.37. The van der Waals surface area contributed by atoms with Crippen LogP contribution in [0.1, 0.15) is 26.7 Å². The fraction of sp³-hybridized carbons (Fsp3) is 1.00. The largest absolute Gasteiger partial charge is 0.171 e. The first-order chi connectivity index (χ1) is 4.99. The monoisotopic (exact) mass is 250 g/mol. The zero-order valence-corrected chi connectivity index (χ0v) is 10.8. The molecule has 0 aromatic rings. The Morgan fingerprint density at radius 3 is 2.09 bits per heavy atom. The van der Waals surface area contributed by atoms with Crippen LogP contribution >= 0.6 is 37.8 Å². The van der Waals surface area contributed by atoms with Gasteiger partial charge in [0.15, 0.2) is 3.95 Å². The molecule has 0 N–H and O–H groups in total. The van der Waals surface area contributed by atoms with Crippen molar-refractivity contribution in [3.8, 4) is 0 Å². The molecule has 0 heterocycles. The first kappa shape index (κ1) is 12.6. The lowest BCUT2D eigenvalue weighted by molar-refractivity contribution is 0.555. The number of hydrogen-bond acceptors (Lipinski definition) is 2. The highest BCUT2D eigenvalue weighted by Gasteiger charge is 2.12. The maximum absolute atomic E-state index is 5.75. The van der Waals surface area contributed by atoms with Gasteiger partial charge in [-0.05, 0) is 5.92 Å². The Kier molecular flexibility index (Phi) is 6.97. The zero-order valence-electron chi connectivity index (χ0n) is 6.72. The van der Waals surface area contributed by atoms with Crippen molar-refractivity contribution in [1.29, 1.82) is 0 Å². The molecule has 11 heavy (non-hydrogen) atoms. The lowest BCUT2D eigenvalue weighted by atomic mass is 10.1. The minimum atomic E-state index is -2.05. The van der Waals surface area contributed by atoms with Crippen LogP contribution in [0.4, 0.5) is 0 Å². The van der Waals surface area contributed by atoms with Crippen molar-refractivity contribution in [2.24, 2.45) is 5.92 Å². The van der Waals surface area contributed by atoms with E-state index >= 15 is 0 Å². The quantitative estimate of drug-likeness (QED) is 0.640. The van der Waals surface area contributed by atoms with Gasteiger partial charge in [-0.1, -0.05) is 72.4 Å². The topological polar surface area (TPSA) is 0 Å². The van der Waals surface area contributed by atoms with Crippen molar-refractivity contribution in [3.63, 3.8) is 0 Å². The van der Waals surface area contributed by atoms with Crippen LogP contribution < -0.4 is 0 Å². The van der Waals surface area contributed by atoms with Gasteiger partial charge in [0.1, 0.15) is 0 Å². The first-order valence-corrected chi connectivity index (χ1v) is 9.83. The number of rotatable bonds is 5. The van der Waals surface area contributed by atoms with Crippen LogP contribution in [0.2, 0.25) is 0 Å². The molecule has 68 valence electrons. The third-order valence-corrected chi connectivity index (χ3v) is 6.59. The smallest absolute Gasteiger partial charge is 0.0945 e. The molecule has 0 saturated heterocycles. The van der Waals surface area contributed by atoms with Gasteiger partial charge in [0.05, 0.1) is 0 Å². The predicted molar refractivity (Wildman–Crippen MR) is 62.5 cm³/mol. The molecule has 0 spiro atoms. The first-order valence-electron chi connectivity index (χ1n) is 3.63. The van der Waals surface area contributed by atoms with Crippen LogP contribution in [0.15, 0.2) is 0 Å². The highest BCUT2D eigenvalue weighted by molar-refractivity contribution is 8.85. The van der Waals surface area contributed by atoms with Gasteiger partial charge >= 0.3 is 0 Å². The highest BCUT2D eigenvalue weighted by atomic mass is 35.9. The highest BCUT2D eigenvalue weighted by Crippen LogP contribution is 2.68. The second-order valence-corrected chi connectivity index (χ2v) is 14.5. The van der Waals surface area contributed by atoms with Crippen LogP contribution in [-0.4, -0.2) is 5.75 Å². The summed E-state index contributed by atoms with van der Waals surface area (Å²) in [5.41, 5.74) is 0. The molecule has 0 nitrogen and oxygen atoms in total. The van der Waals surface area contributed by atoms with E-state index in [2.05, 4.69) is 13.8 Å². The molecule has 0 bridgehead atoms. The lowest BCUT2D eigenvalue weighted by Gasteiger charge is -2.12. The molecular weight excluding hydrogens is 238 g/mol. The van der Waals surface area contributed by atoms with E-state index in [-0.39, 0.29) is 0 Å². The van der Waals surface area contributed by atoms with Crippen LogP contribution in [0.25, 0.3) is 0 Å². The van der Waals surface area contributed by atoms with E-state index < -0.39 is 3.95 Å². The Balaban J connectivity index is 3.59. The summed E-state index contributed by atoms with van der Waals surface area (Å²) >= 11 is 17.9. The molecule has 0 radical (unpaired) electrons. The summed E-state index contributed by atoms with van der Waals surface area (Å²) in [5.74, 6) is 1.73. The van der Waals surface area contributed by atoms with Gasteiger partial charge in [-0.3, -0.25) is 0 Å². The molecular formula is C6H13Cl2PS2. The van der Waals surface area contributed by atoms with Gasteiger partial charge in [0.25, 0.3) is 0 Å². The summed E-state index contributed by atoms with van der Waals surface area (Å²) in [5, 5.41) is 0. The van der Waals surface area contributed by atoms with Gasteiger partial charge in [-0.25, -0.2) is 0 Å². The Labute approximate surface area is 87.7 Å². The van der Waals surface area contributed by atoms with E-state index in [0.717, 1.165) is 11.7 Å². The van der Waals surface area contributed by atoms with E-state index in [0.29, 0.717) is 0 Å². The summed E-state index contributed by atoms with van der Waals surface area (Å²) in [7, 11) is 0. The van der Waals surface area contributed by atoms with E-state index in [1.54, 1.807) is 11.4 Å². The molecule has 0 aliphatic rings. The standard InChI is InChI=1S/C6H13Cl2PS2/c1-3-6(4-2)5-11-9(7,8)10/h6H,3-5H2,1-2H3. The molecule has 0 aliphatic heterocycles. The molecule has 0 saturated carbocycles. The molecule has 0 unspecified atom stereocenters. The SMILES string of the molecule is CCC(CC)CSP(=S)(Cl)Cl. The van der Waals surface area contributed by atoms with E-state index in [1.807, 2.05) is 0 Å². The molecule has 0 aliphatic carbocycles. The number of halogens is 2. The summed E-state index contributed by atoms with van der Waals surface area (Å²) in [4.78, 5) is 0. The molecule has 0 aromatic heterocycles. The zero-order chi connectivity index (χ0) is 8.91. The second kappa shape index (κ2) is 6.10. The molecule has 0 amide bonds. The predicted octanol–water partition coefficient (Wildman–Crippen LogP) is 4.86. The minimum absolute atomic E-state index is 0.722. The van der Waals surface area contributed by atoms with Crippen molar-refractivity contribution < 1.29 is 0 Å². The maximum atomic E-state index is 5.75. The fourth-order valence-corrected chi connectivity index (χ4v) is 4.29. The van der Waals surface area contributed by atoms with Gasteiger partial charge in [0, 0.05) is 5.75 Å². The van der Waals surface area contributed by atoms with Gasteiger partial charge < -0.3 is 0 Å². The minimum Gasteiger partial charge on any atom is -0.0945 e. The summed E-state index contributed by atoms with van der Waals surface area (Å²) in [6.45, 7) is 4.36. The second-order valence-electron chi connectivity index (χ2n) is 2.39. The average molecular weight is 251 g/mol. The third kappa shape index (κ3) is 7.93. The Morgan fingerprint density at radius 2 is 1.82 bits per heavy atom. The Morgan fingerprint density at radius 1 is 1.36 bits per heavy atom. The Hall–Kier alpha value is 1.58. The third-order valence-electron chi connectivity index (χ3n) is 1.62. The lowest BCUT2D eigenvalue weighted by Crippen LogP contribution is -1.98. The summed E-state index contributed by atoms with van der Waals surface area (Å²) in [6, 6.07) is 0. The van der Waals surface area contributed by atoms with Crippen LogP contribution in [-0.2, 0) is 11.8 Å². The van der Waals surface area contributed by atoms with E-state index in [9.17, 15) is 0 Å². The fourth-order valence-electron chi connectivity index (χ4n) is 0.717. The van der Waals surface area contributed by atoms with Crippen molar-refractivity contribution >= 4 is 49.6 Å². The van der Waals surface area contributed by atoms with Crippen LogP contribution in [0.3, 0.4) is 0 Å². The molecule has 0 rings (SSSR count). The molecule has 5 heteroatoms. The number of hydrogen-bond donors (Lipinski definition) is 0. The van der Waals surface area contributed by atoms with Crippen LogP contribution in [0, 0.1) is 5.92 Å². The maximum Gasteiger partial charge on any atom is 0.171 e. The van der Waals surface area contributed by atoms with Crippen molar-refractivity contribution in [1.82, 2.24) is 0 Å². The molecule has 0 fully saturated rings. The van der Waals surface area contributed by atoms with Crippen molar-refractivity contribution in [2.45, 2.75) is 26.7 Å². The van der Waals surface area contributed by atoms with E-state index in [1.165, 1.54) is 12.8 Å².